The van der Waals surface area contributed by atoms with E-state index in [2.05, 4.69) is 24.2 Å². The van der Waals surface area contributed by atoms with E-state index in [1.807, 2.05) is 19.1 Å². The topological polar surface area (TPSA) is 34.9 Å². The normalized spacial score (nSPS) is 10.6. The van der Waals surface area contributed by atoms with Crippen molar-refractivity contribution in [1.82, 2.24) is 9.78 Å². The van der Waals surface area contributed by atoms with E-state index in [-0.39, 0.29) is 5.78 Å². The molecule has 0 unspecified atom stereocenters. The molecule has 2 aromatic rings. The molecule has 0 saturated carbocycles. The van der Waals surface area contributed by atoms with Gasteiger partial charge in [-0.3, -0.25) is 9.48 Å². The third kappa shape index (κ3) is 3.01. The lowest BCUT2D eigenvalue weighted by Gasteiger charge is -2.04. The molecule has 0 spiro atoms. The van der Waals surface area contributed by atoms with Gasteiger partial charge < -0.3 is 0 Å². The second-order valence-corrected chi connectivity index (χ2v) is 5.11. The zero-order valence-electron chi connectivity index (χ0n) is 10.6. The fraction of sp³-hybridized carbons (Fsp3) is 0.286. The predicted octanol–water partition coefficient (Wildman–Crippen LogP) is 3.19. The van der Waals surface area contributed by atoms with Gasteiger partial charge in [0.2, 0.25) is 0 Å². The highest BCUT2D eigenvalue weighted by Gasteiger charge is 2.11. The number of aryl methyl sites for hydroxylation is 2. The maximum atomic E-state index is 12.0. The quantitative estimate of drug-likeness (QED) is 0.611. The summed E-state index contributed by atoms with van der Waals surface area (Å²) in [4.78, 5) is 13.2. The lowest BCUT2D eigenvalue weighted by atomic mass is 10.2. The molecule has 18 heavy (non-hydrogen) atoms. The molecule has 1 aromatic carbocycles. The largest absolute Gasteiger partial charge is 0.292 e. The molecular weight excluding hydrogens is 244 g/mol. The Morgan fingerprint density at radius 2 is 2.00 bits per heavy atom. The average Bonchev–Trinajstić information content (AvgIpc) is 2.86. The monoisotopic (exact) mass is 260 g/mol. The maximum absolute atomic E-state index is 12.0. The van der Waals surface area contributed by atoms with Gasteiger partial charge >= 0.3 is 0 Å². The standard InChI is InChI=1S/C14H16N2OS/c1-3-16-13(8-9-15-16)14(17)10-18-12-6-4-11(2)5-7-12/h4-9H,3,10H2,1-2H3. The maximum Gasteiger partial charge on any atom is 0.191 e. The van der Waals surface area contributed by atoms with Crippen LogP contribution in [0.15, 0.2) is 41.4 Å². The van der Waals surface area contributed by atoms with Gasteiger partial charge in [-0.15, -0.1) is 11.8 Å². The van der Waals surface area contributed by atoms with Crippen molar-refractivity contribution in [2.24, 2.45) is 0 Å². The second kappa shape index (κ2) is 5.87. The molecule has 0 atom stereocenters. The molecule has 4 heteroatoms. The molecule has 0 saturated heterocycles. The second-order valence-electron chi connectivity index (χ2n) is 4.06. The highest BCUT2D eigenvalue weighted by Crippen LogP contribution is 2.19. The van der Waals surface area contributed by atoms with E-state index in [4.69, 9.17) is 0 Å². The fourth-order valence-corrected chi connectivity index (χ4v) is 2.45. The van der Waals surface area contributed by atoms with Crippen molar-refractivity contribution in [1.29, 1.82) is 0 Å². The van der Waals surface area contributed by atoms with Crippen LogP contribution >= 0.6 is 11.8 Å². The lowest BCUT2D eigenvalue weighted by Crippen LogP contribution is -2.11. The van der Waals surface area contributed by atoms with Crippen LogP contribution in [0.1, 0.15) is 23.0 Å². The van der Waals surface area contributed by atoms with Crippen LogP contribution in [0.5, 0.6) is 0 Å². The molecule has 94 valence electrons. The van der Waals surface area contributed by atoms with Gasteiger partial charge in [0.25, 0.3) is 0 Å². The SMILES string of the molecule is CCn1nccc1C(=O)CSc1ccc(C)cc1. The minimum atomic E-state index is 0.125. The molecule has 0 aliphatic carbocycles. The summed E-state index contributed by atoms with van der Waals surface area (Å²) in [6, 6.07) is 9.99. The lowest BCUT2D eigenvalue weighted by molar-refractivity contribution is 0.101. The van der Waals surface area contributed by atoms with Gasteiger partial charge in [-0.25, -0.2) is 0 Å². The Bertz CT molecular complexity index is 531. The first-order valence-electron chi connectivity index (χ1n) is 5.95. The molecule has 1 heterocycles. The molecule has 3 nitrogen and oxygen atoms in total. The third-order valence-corrected chi connectivity index (χ3v) is 3.70. The number of rotatable bonds is 5. The summed E-state index contributed by atoms with van der Waals surface area (Å²) in [5, 5.41) is 4.11. The number of ketones is 1. The van der Waals surface area contributed by atoms with Gasteiger partial charge in [-0.2, -0.15) is 5.10 Å². The summed E-state index contributed by atoms with van der Waals surface area (Å²) in [7, 11) is 0. The van der Waals surface area contributed by atoms with E-state index >= 15 is 0 Å². The zero-order chi connectivity index (χ0) is 13.0. The summed E-state index contributed by atoms with van der Waals surface area (Å²) in [5.41, 5.74) is 1.92. The Hall–Kier alpha value is -1.55. The zero-order valence-corrected chi connectivity index (χ0v) is 11.4. The minimum Gasteiger partial charge on any atom is -0.292 e. The van der Waals surface area contributed by atoms with Crippen LogP contribution in [0, 0.1) is 6.92 Å². The molecule has 1 aromatic heterocycles. The summed E-state index contributed by atoms with van der Waals surface area (Å²) in [6.07, 6.45) is 1.67. The number of hydrogen-bond donors (Lipinski definition) is 0. The summed E-state index contributed by atoms with van der Waals surface area (Å²) in [5.74, 6) is 0.578. The molecule has 2 rings (SSSR count). The van der Waals surface area contributed by atoms with Gasteiger partial charge in [0, 0.05) is 17.6 Å². The van der Waals surface area contributed by atoms with E-state index in [0.717, 1.165) is 11.4 Å². The van der Waals surface area contributed by atoms with Crippen LogP contribution in [0.2, 0.25) is 0 Å². The molecule has 0 N–H and O–H groups in total. The Labute approximate surface area is 111 Å². The summed E-state index contributed by atoms with van der Waals surface area (Å²) in [6.45, 7) is 4.76. The van der Waals surface area contributed by atoms with Crippen LogP contribution in [0.3, 0.4) is 0 Å². The summed E-state index contributed by atoms with van der Waals surface area (Å²) >= 11 is 1.56. The number of carbonyl (C=O) groups excluding carboxylic acids is 1. The highest BCUT2D eigenvalue weighted by atomic mass is 32.2. The van der Waals surface area contributed by atoms with Crippen LogP contribution < -0.4 is 0 Å². The number of carbonyl (C=O) groups is 1. The average molecular weight is 260 g/mol. The van der Waals surface area contributed by atoms with Crippen molar-refractivity contribution in [2.45, 2.75) is 25.3 Å². The molecule has 0 bridgehead atoms. The van der Waals surface area contributed by atoms with Crippen molar-refractivity contribution in [3.63, 3.8) is 0 Å². The highest BCUT2D eigenvalue weighted by molar-refractivity contribution is 8.00. The van der Waals surface area contributed by atoms with Crippen molar-refractivity contribution < 1.29 is 4.79 Å². The van der Waals surface area contributed by atoms with E-state index in [9.17, 15) is 4.79 Å². The molecule has 0 aliphatic heterocycles. The van der Waals surface area contributed by atoms with E-state index in [0.29, 0.717) is 11.4 Å². The number of Topliss-reactive ketones (excluding diaryl/α,β-unsaturated/α-hetero) is 1. The minimum absolute atomic E-state index is 0.125. The number of hydrogen-bond acceptors (Lipinski definition) is 3. The Morgan fingerprint density at radius 1 is 1.28 bits per heavy atom. The number of aromatic nitrogens is 2. The van der Waals surface area contributed by atoms with Gasteiger partial charge in [0.15, 0.2) is 5.78 Å². The van der Waals surface area contributed by atoms with E-state index in [1.165, 1.54) is 5.56 Å². The smallest absolute Gasteiger partial charge is 0.191 e. The van der Waals surface area contributed by atoms with Crippen LogP contribution in [0.25, 0.3) is 0 Å². The number of nitrogens with zero attached hydrogens (tertiary/aromatic N) is 2. The van der Waals surface area contributed by atoms with Crippen LogP contribution in [0.4, 0.5) is 0 Å². The Morgan fingerprint density at radius 3 is 2.67 bits per heavy atom. The summed E-state index contributed by atoms with van der Waals surface area (Å²) < 4.78 is 1.73. The predicted molar refractivity (Wildman–Crippen MR) is 74.1 cm³/mol. The van der Waals surface area contributed by atoms with Crippen molar-refractivity contribution >= 4 is 17.5 Å². The van der Waals surface area contributed by atoms with E-state index in [1.54, 1.807) is 28.7 Å². The van der Waals surface area contributed by atoms with Crippen LogP contribution in [-0.4, -0.2) is 21.3 Å². The van der Waals surface area contributed by atoms with Crippen LogP contribution in [-0.2, 0) is 6.54 Å². The first kappa shape index (κ1) is 12.9. The van der Waals surface area contributed by atoms with Crippen molar-refractivity contribution in [2.75, 3.05) is 5.75 Å². The molecule has 0 amide bonds. The van der Waals surface area contributed by atoms with Gasteiger partial charge in [-0.05, 0) is 32.0 Å². The van der Waals surface area contributed by atoms with Crippen molar-refractivity contribution in [3.05, 3.63) is 47.8 Å². The Kier molecular flexibility index (Phi) is 4.20. The van der Waals surface area contributed by atoms with E-state index < -0.39 is 0 Å². The number of benzene rings is 1. The van der Waals surface area contributed by atoms with Gasteiger partial charge in [0.05, 0.1) is 5.75 Å². The molecule has 0 radical (unpaired) electrons. The Balaban J connectivity index is 1.98. The first-order chi connectivity index (χ1) is 8.70. The van der Waals surface area contributed by atoms with Crippen molar-refractivity contribution in [3.8, 4) is 0 Å². The molecular formula is C14H16N2OS. The third-order valence-electron chi connectivity index (χ3n) is 2.69. The molecule has 0 aliphatic rings. The number of thioether (sulfide) groups is 1. The fourth-order valence-electron chi connectivity index (χ4n) is 1.68. The van der Waals surface area contributed by atoms with Gasteiger partial charge in [0.1, 0.15) is 5.69 Å². The first-order valence-corrected chi connectivity index (χ1v) is 6.93. The molecule has 0 fully saturated rings. The van der Waals surface area contributed by atoms with Gasteiger partial charge in [-0.1, -0.05) is 17.7 Å².